The molecule has 0 fully saturated rings. The molecule has 2 nitrogen and oxygen atoms in total. The van der Waals surface area contributed by atoms with Crippen LogP contribution < -0.4 is 10.6 Å². The Bertz CT molecular complexity index is 2090. The van der Waals surface area contributed by atoms with Gasteiger partial charge in [-0.15, -0.1) is 0 Å². The zero-order valence-electron chi connectivity index (χ0n) is 25.3. The number of hydrogen-bond acceptors (Lipinski definition) is 2. The van der Waals surface area contributed by atoms with Gasteiger partial charge in [-0.05, 0) is 103 Å². The highest BCUT2D eigenvalue weighted by Crippen LogP contribution is 2.32. The van der Waals surface area contributed by atoms with Crippen molar-refractivity contribution in [2.24, 2.45) is 0 Å². The van der Waals surface area contributed by atoms with Gasteiger partial charge < -0.3 is 10.6 Å². The Kier molecular flexibility index (Phi) is 7.22. The van der Waals surface area contributed by atoms with Crippen LogP contribution in [0.2, 0.25) is 0 Å². The van der Waals surface area contributed by atoms with Crippen LogP contribution in [0.3, 0.4) is 0 Å². The number of anilines is 4. The van der Waals surface area contributed by atoms with Crippen LogP contribution in [0.15, 0.2) is 182 Å². The van der Waals surface area contributed by atoms with Gasteiger partial charge in [0.1, 0.15) is 0 Å². The first-order valence-corrected chi connectivity index (χ1v) is 15.7. The summed E-state index contributed by atoms with van der Waals surface area (Å²) in [5.74, 6) is 0. The normalized spacial score (nSPS) is 11.0. The molecular weight excluding hydrogens is 556 g/mol. The molecule has 0 spiro atoms. The van der Waals surface area contributed by atoms with Crippen LogP contribution in [0.5, 0.6) is 0 Å². The first-order chi connectivity index (χ1) is 22.8. The minimum Gasteiger partial charge on any atom is -0.356 e. The zero-order valence-corrected chi connectivity index (χ0v) is 25.3. The van der Waals surface area contributed by atoms with Crippen molar-refractivity contribution in [1.82, 2.24) is 0 Å². The molecule has 8 rings (SSSR count). The minimum absolute atomic E-state index is 1.06. The molecule has 218 valence electrons. The van der Waals surface area contributed by atoms with Gasteiger partial charge in [-0.2, -0.15) is 0 Å². The Hall–Kier alpha value is -6.12. The zero-order chi connectivity index (χ0) is 30.7. The Morgan fingerprint density at radius 1 is 0.239 bits per heavy atom. The largest absolute Gasteiger partial charge is 0.356 e. The lowest BCUT2D eigenvalue weighted by Crippen LogP contribution is -1.91. The van der Waals surface area contributed by atoms with E-state index in [0.717, 1.165) is 22.7 Å². The highest BCUT2D eigenvalue weighted by Gasteiger charge is 2.06. The lowest BCUT2D eigenvalue weighted by atomic mass is 9.98. The summed E-state index contributed by atoms with van der Waals surface area (Å²) in [5.41, 5.74) is 11.6. The topological polar surface area (TPSA) is 24.1 Å². The van der Waals surface area contributed by atoms with Gasteiger partial charge in [0.05, 0.1) is 0 Å². The van der Waals surface area contributed by atoms with Crippen molar-refractivity contribution in [2.45, 2.75) is 0 Å². The summed E-state index contributed by atoms with van der Waals surface area (Å²) in [5, 5.41) is 12.2. The number of hydrogen-bond donors (Lipinski definition) is 2. The quantitative estimate of drug-likeness (QED) is 0.193. The van der Waals surface area contributed by atoms with Crippen LogP contribution in [0.1, 0.15) is 0 Å². The van der Waals surface area contributed by atoms with E-state index in [1.54, 1.807) is 0 Å². The predicted octanol–water partition coefficient (Wildman–Crippen LogP) is 12.5. The van der Waals surface area contributed by atoms with E-state index in [-0.39, 0.29) is 0 Å². The lowest BCUT2D eigenvalue weighted by Gasteiger charge is -2.11. The van der Waals surface area contributed by atoms with Crippen molar-refractivity contribution in [1.29, 1.82) is 0 Å². The van der Waals surface area contributed by atoms with Crippen molar-refractivity contribution >= 4 is 44.3 Å². The molecule has 0 aliphatic heterocycles. The molecule has 46 heavy (non-hydrogen) atoms. The Morgan fingerprint density at radius 3 is 0.913 bits per heavy atom. The van der Waals surface area contributed by atoms with Gasteiger partial charge in [0.15, 0.2) is 0 Å². The van der Waals surface area contributed by atoms with Gasteiger partial charge in [-0.1, -0.05) is 133 Å². The Balaban J connectivity index is 0.916. The van der Waals surface area contributed by atoms with Gasteiger partial charge in [0.25, 0.3) is 0 Å². The molecule has 2 N–H and O–H groups in total. The summed E-state index contributed by atoms with van der Waals surface area (Å²) in [6.07, 6.45) is 0. The van der Waals surface area contributed by atoms with Gasteiger partial charge in [0.2, 0.25) is 0 Å². The summed E-state index contributed by atoms with van der Waals surface area (Å²) in [6, 6.07) is 64.6. The second-order valence-electron chi connectivity index (χ2n) is 11.6. The maximum absolute atomic E-state index is 3.55. The Labute approximate surface area is 269 Å². The third-order valence-electron chi connectivity index (χ3n) is 8.65. The molecule has 0 aromatic heterocycles. The summed E-state index contributed by atoms with van der Waals surface area (Å²) in [7, 11) is 0. The molecule has 8 aromatic rings. The van der Waals surface area contributed by atoms with Crippen LogP contribution in [0.4, 0.5) is 22.7 Å². The fourth-order valence-corrected chi connectivity index (χ4v) is 6.25. The van der Waals surface area contributed by atoms with E-state index in [2.05, 4.69) is 193 Å². The number of nitrogens with one attached hydrogen (secondary N) is 2. The average Bonchev–Trinajstić information content (AvgIpc) is 3.13. The first-order valence-electron chi connectivity index (χ1n) is 15.7. The van der Waals surface area contributed by atoms with Crippen molar-refractivity contribution in [3.8, 4) is 33.4 Å². The third-order valence-corrected chi connectivity index (χ3v) is 8.65. The molecule has 0 atom stereocenters. The van der Waals surface area contributed by atoms with E-state index < -0.39 is 0 Å². The lowest BCUT2D eigenvalue weighted by molar-refractivity contribution is 1.52. The van der Waals surface area contributed by atoms with Crippen LogP contribution in [0, 0.1) is 0 Å². The van der Waals surface area contributed by atoms with E-state index in [0.29, 0.717) is 0 Å². The molecule has 0 saturated carbocycles. The van der Waals surface area contributed by atoms with Gasteiger partial charge in [-0.25, -0.2) is 0 Å². The van der Waals surface area contributed by atoms with E-state index >= 15 is 0 Å². The molecule has 0 heterocycles. The summed E-state index contributed by atoms with van der Waals surface area (Å²) < 4.78 is 0. The number of rotatable bonds is 7. The van der Waals surface area contributed by atoms with E-state index in [1.165, 1.54) is 54.9 Å². The first kappa shape index (κ1) is 27.4. The minimum atomic E-state index is 1.06. The number of benzene rings is 8. The molecule has 2 heteroatoms. The monoisotopic (exact) mass is 588 g/mol. The fraction of sp³-hybridized carbons (Fsp3) is 0. The second kappa shape index (κ2) is 12.1. The van der Waals surface area contributed by atoms with Crippen molar-refractivity contribution in [2.75, 3.05) is 10.6 Å². The van der Waals surface area contributed by atoms with Gasteiger partial charge >= 0.3 is 0 Å². The van der Waals surface area contributed by atoms with Crippen LogP contribution >= 0.6 is 0 Å². The summed E-state index contributed by atoms with van der Waals surface area (Å²) >= 11 is 0. The van der Waals surface area contributed by atoms with Crippen LogP contribution in [0.25, 0.3) is 54.9 Å². The van der Waals surface area contributed by atoms with Crippen molar-refractivity contribution < 1.29 is 0 Å². The summed E-state index contributed by atoms with van der Waals surface area (Å²) in [4.78, 5) is 0. The Morgan fingerprint density at radius 2 is 0.543 bits per heavy atom. The molecule has 0 amide bonds. The highest BCUT2D eigenvalue weighted by molar-refractivity contribution is 5.97. The SMILES string of the molecule is c1ccc2c(-c3ccc(Nc4ccc(-c5ccc(Nc6ccc(-c7cccc8ccccc78)cc6)cc5)cc4)cc3)cccc2c1. The third kappa shape index (κ3) is 5.60. The highest BCUT2D eigenvalue weighted by atomic mass is 14.9. The smallest absolute Gasteiger partial charge is 0.0384 e. The standard InChI is InChI=1S/C44H32N2/c1-3-11-41-33(7-1)9-5-13-43(41)35-19-27-39(28-20-35)45-37-23-15-31(16-24-37)32-17-25-38(26-18-32)46-40-29-21-36(22-30-40)44-14-6-10-34-8-2-4-12-42(34)44/h1-30,45-46H. The maximum Gasteiger partial charge on any atom is 0.0384 e. The molecule has 0 bridgehead atoms. The molecule has 8 aromatic carbocycles. The fourth-order valence-electron chi connectivity index (χ4n) is 6.25. The number of fused-ring (bicyclic) bond motifs is 2. The van der Waals surface area contributed by atoms with Gasteiger partial charge in [-0.3, -0.25) is 0 Å². The average molecular weight is 589 g/mol. The predicted molar refractivity (Wildman–Crippen MR) is 197 cm³/mol. The van der Waals surface area contributed by atoms with E-state index in [1.807, 2.05) is 0 Å². The molecule has 0 unspecified atom stereocenters. The van der Waals surface area contributed by atoms with Gasteiger partial charge in [0, 0.05) is 22.7 Å². The van der Waals surface area contributed by atoms with Crippen LogP contribution in [-0.2, 0) is 0 Å². The molecular formula is C44H32N2. The van der Waals surface area contributed by atoms with Crippen LogP contribution in [-0.4, -0.2) is 0 Å². The molecule has 0 aliphatic carbocycles. The molecule has 0 saturated heterocycles. The molecule has 0 aliphatic rings. The van der Waals surface area contributed by atoms with Crippen molar-refractivity contribution in [3.05, 3.63) is 182 Å². The van der Waals surface area contributed by atoms with Crippen molar-refractivity contribution in [3.63, 3.8) is 0 Å². The van der Waals surface area contributed by atoms with E-state index in [4.69, 9.17) is 0 Å². The maximum atomic E-state index is 3.55. The molecule has 0 radical (unpaired) electrons. The second-order valence-corrected chi connectivity index (χ2v) is 11.6. The van der Waals surface area contributed by atoms with E-state index in [9.17, 15) is 0 Å². The summed E-state index contributed by atoms with van der Waals surface area (Å²) in [6.45, 7) is 0.